The Labute approximate surface area is 143 Å². The van der Waals surface area contributed by atoms with E-state index in [4.69, 9.17) is 4.74 Å². The van der Waals surface area contributed by atoms with Crippen LogP contribution in [0.5, 0.6) is 0 Å². The minimum atomic E-state index is -3.61. The van der Waals surface area contributed by atoms with Gasteiger partial charge >= 0.3 is 0 Å². The molecule has 128 valence electrons. The van der Waals surface area contributed by atoms with Crippen LogP contribution in [0, 0.1) is 13.8 Å². The first-order valence-electron chi connectivity index (χ1n) is 8.02. The van der Waals surface area contributed by atoms with E-state index in [1.165, 1.54) is 0 Å². The van der Waals surface area contributed by atoms with Crippen LogP contribution in [0.2, 0.25) is 0 Å². The molecule has 0 fully saturated rings. The van der Waals surface area contributed by atoms with Crippen LogP contribution in [0.3, 0.4) is 0 Å². The molecule has 0 amide bonds. The highest BCUT2D eigenvalue weighted by molar-refractivity contribution is 7.92. The van der Waals surface area contributed by atoms with Crippen LogP contribution in [0.25, 0.3) is 0 Å². The summed E-state index contributed by atoms with van der Waals surface area (Å²) in [6, 6.07) is 10.9. The maximum Gasteiger partial charge on any atom is 0.261 e. The third-order valence-electron chi connectivity index (χ3n) is 4.35. The number of hydrogen-bond donors (Lipinski definition) is 1. The van der Waals surface area contributed by atoms with Crippen LogP contribution in [0.1, 0.15) is 36.1 Å². The molecule has 0 atom stereocenters. The Morgan fingerprint density at radius 2 is 1.79 bits per heavy atom. The summed E-state index contributed by atoms with van der Waals surface area (Å²) < 4.78 is 34.0. The van der Waals surface area contributed by atoms with Gasteiger partial charge in [0, 0.05) is 6.42 Å². The van der Waals surface area contributed by atoms with E-state index in [0.717, 1.165) is 22.3 Å². The molecule has 1 N–H and O–H groups in total. The number of aryl methyl sites for hydroxylation is 2. The topological polar surface area (TPSA) is 55.4 Å². The molecule has 0 aliphatic carbocycles. The van der Waals surface area contributed by atoms with E-state index in [1.54, 1.807) is 18.2 Å². The Kier molecular flexibility index (Phi) is 4.18. The molecule has 0 spiro atoms. The first-order chi connectivity index (χ1) is 11.2. The second kappa shape index (κ2) is 5.90. The van der Waals surface area contributed by atoms with Gasteiger partial charge in [-0.15, -0.1) is 0 Å². The van der Waals surface area contributed by atoms with Gasteiger partial charge in [-0.1, -0.05) is 23.8 Å². The molecule has 1 heterocycles. The average Bonchev–Trinajstić information content (AvgIpc) is 2.48. The fourth-order valence-corrected chi connectivity index (χ4v) is 4.17. The molecule has 0 saturated heterocycles. The number of benzene rings is 2. The Morgan fingerprint density at radius 1 is 1.04 bits per heavy atom. The maximum absolute atomic E-state index is 12.7. The first kappa shape index (κ1) is 17.0. The van der Waals surface area contributed by atoms with Crippen LogP contribution >= 0.6 is 0 Å². The van der Waals surface area contributed by atoms with Crippen molar-refractivity contribution in [2.75, 3.05) is 4.72 Å². The molecule has 0 saturated carbocycles. The standard InChI is InChI=1S/C19H23NO3S/c1-13-5-8-18(14(2)9-13)20-24(21,22)17-7-6-15-12-23-19(3,4)11-16(15)10-17/h5-10,20H,11-12H2,1-4H3. The second-order valence-corrected chi connectivity index (χ2v) is 8.76. The monoisotopic (exact) mass is 345 g/mol. The first-order valence-corrected chi connectivity index (χ1v) is 9.50. The number of ether oxygens (including phenoxy) is 1. The molecular weight excluding hydrogens is 322 g/mol. The fourth-order valence-electron chi connectivity index (χ4n) is 2.99. The summed E-state index contributed by atoms with van der Waals surface area (Å²) in [6.07, 6.45) is 0.704. The van der Waals surface area contributed by atoms with Gasteiger partial charge < -0.3 is 4.74 Å². The normalized spacial score (nSPS) is 16.5. The number of anilines is 1. The molecule has 0 radical (unpaired) electrons. The second-order valence-electron chi connectivity index (χ2n) is 7.08. The Hall–Kier alpha value is -1.85. The van der Waals surface area contributed by atoms with Crippen molar-refractivity contribution in [2.45, 2.75) is 51.2 Å². The summed E-state index contributed by atoms with van der Waals surface area (Å²) in [5.41, 5.74) is 4.45. The van der Waals surface area contributed by atoms with Gasteiger partial charge in [0.1, 0.15) is 0 Å². The van der Waals surface area contributed by atoms with Gasteiger partial charge in [-0.2, -0.15) is 0 Å². The third-order valence-corrected chi connectivity index (χ3v) is 5.71. The van der Waals surface area contributed by atoms with Crippen molar-refractivity contribution in [3.05, 3.63) is 58.7 Å². The van der Waals surface area contributed by atoms with E-state index in [2.05, 4.69) is 4.72 Å². The lowest BCUT2D eigenvalue weighted by Gasteiger charge is -2.32. The van der Waals surface area contributed by atoms with Crippen LogP contribution < -0.4 is 4.72 Å². The van der Waals surface area contributed by atoms with Crippen LogP contribution in [0.4, 0.5) is 5.69 Å². The van der Waals surface area contributed by atoms with E-state index in [-0.39, 0.29) is 5.60 Å². The van der Waals surface area contributed by atoms with E-state index in [9.17, 15) is 8.42 Å². The highest BCUT2D eigenvalue weighted by Gasteiger charge is 2.27. The Balaban J connectivity index is 1.93. The van der Waals surface area contributed by atoms with Crippen LogP contribution in [-0.2, 0) is 27.8 Å². The Morgan fingerprint density at radius 3 is 2.50 bits per heavy atom. The summed E-state index contributed by atoms with van der Waals surface area (Å²) in [6.45, 7) is 8.44. The fraction of sp³-hybridized carbons (Fsp3) is 0.368. The van der Waals surface area contributed by atoms with Crippen molar-refractivity contribution in [2.24, 2.45) is 0 Å². The summed E-state index contributed by atoms with van der Waals surface area (Å²) >= 11 is 0. The molecule has 0 aromatic heterocycles. The molecule has 0 unspecified atom stereocenters. The number of rotatable bonds is 3. The molecule has 4 nitrogen and oxygen atoms in total. The Bertz CT molecular complexity index is 885. The molecule has 0 bridgehead atoms. The quantitative estimate of drug-likeness (QED) is 0.916. The van der Waals surface area contributed by atoms with Gasteiger partial charge in [0.05, 0.1) is 22.8 Å². The lowest BCUT2D eigenvalue weighted by atomic mass is 9.92. The van der Waals surface area contributed by atoms with Crippen LogP contribution in [0.15, 0.2) is 41.3 Å². The zero-order valence-corrected chi connectivity index (χ0v) is 15.3. The summed E-state index contributed by atoms with van der Waals surface area (Å²) in [7, 11) is -3.61. The number of fused-ring (bicyclic) bond motifs is 1. The van der Waals surface area contributed by atoms with Gasteiger partial charge in [0.25, 0.3) is 10.0 Å². The van der Waals surface area contributed by atoms with Crippen molar-refractivity contribution in [1.29, 1.82) is 0 Å². The molecule has 1 aliphatic heterocycles. The predicted octanol–water partition coefficient (Wildman–Crippen LogP) is 3.96. The number of sulfonamides is 1. The SMILES string of the molecule is Cc1ccc(NS(=O)(=O)c2ccc3c(c2)CC(C)(C)OC3)c(C)c1. The molecule has 24 heavy (non-hydrogen) atoms. The zero-order chi connectivity index (χ0) is 17.5. The number of nitrogens with one attached hydrogen (secondary N) is 1. The van der Waals surface area contributed by atoms with E-state index >= 15 is 0 Å². The van der Waals surface area contributed by atoms with Crippen LogP contribution in [-0.4, -0.2) is 14.0 Å². The molecular formula is C19H23NO3S. The van der Waals surface area contributed by atoms with Gasteiger partial charge in [-0.25, -0.2) is 8.42 Å². The van der Waals surface area contributed by atoms with Crippen molar-refractivity contribution in [3.8, 4) is 0 Å². The third kappa shape index (κ3) is 3.47. The van der Waals surface area contributed by atoms with Gasteiger partial charge in [0.15, 0.2) is 0 Å². The summed E-state index contributed by atoms with van der Waals surface area (Å²) in [5, 5.41) is 0. The van der Waals surface area contributed by atoms with Gasteiger partial charge in [-0.05, 0) is 62.6 Å². The number of hydrogen-bond acceptors (Lipinski definition) is 3. The largest absolute Gasteiger partial charge is 0.371 e. The van der Waals surface area contributed by atoms with Crippen molar-refractivity contribution < 1.29 is 13.2 Å². The average molecular weight is 345 g/mol. The smallest absolute Gasteiger partial charge is 0.261 e. The van der Waals surface area contributed by atoms with Gasteiger partial charge in [0.2, 0.25) is 0 Å². The predicted molar refractivity (Wildman–Crippen MR) is 95.7 cm³/mol. The molecule has 2 aromatic carbocycles. The van der Waals surface area contributed by atoms with E-state index in [1.807, 2.05) is 45.9 Å². The highest BCUT2D eigenvalue weighted by atomic mass is 32.2. The minimum absolute atomic E-state index is 0.268. The van der Waals surface area contributed by atoms with E-state index in [0.29, 0.717) is 23.6 Å². The summed E-state index contributed by atoms with van der Waals surface area (Å²) in [4.78, 5) is 0.291. The van der Waals surface area contributed by atoms with Crippen molar-refractivity contribution >= 4 is 15.7 Å². The van der Waals surface area contributed by atoms with Crippen molar-refractivity contribution in [1.82, 2.24) is 0 Å². The van der Waals surface area contributed by atoms with E-state index < -0.39 is 10.0 Å². The molecule has 1 aliphatic rings. The zero-order valence-electron chi connectivity index (χ0n) is 14.5. The van der Waals surface area contributed by atoms with Gasteiger partial charge in [-0.3, -0.25) is 4.72 Å². The van der Waals surface area contributed by atoms with Crippen molar-refractivity contribution in [3.63, 3.8) is 0 Å². The lowest BCUT2D eigenvalue weighted by Crippen LogP contribution is -2.32. The maximum atomic E-state index is 12.7. The molecule has 2 aromatic rings. The summed E-state index contributed by atoms with van der Waals surface area (Å²) in [5.74, 6) is 0. The molecule has 5 heteroatoms. The molecule has 3 rings (SSSR count). The lowest BCUT2D eigenvalue weighted by molar-refractivity contribution is -0.0401. The highest BCUT2D eigenvalue weighted by Crippen LogP contribution is 2.30. The minimum Gasteiger partial charge on any atom is -0.371 e.